The second-order valence-electron chi connectivity index (χ2n) is 11.1. The van der Waals surface area contributed by atoms with Crippen LogP contribution in [0.1, 0.15) is 75.2 Å². The third kappa shape index (κ3) is 7.21. The molecule has 0 aliphatic rings. The van der Waals surface area contributed by atoms with E-state index in [9.17, 15) is 0 Å². The summed E-state index contributed by atoms with van der Waals surface area (Å²) in [7, 11) is 0. The molecule has 0 unspecified atom stereocenters. The van der Waals surface area contributed by atoms with Crippen LogP contribution in [-0.4, -0.2) is 9.97 Å². The monoisotopic (exact) mass is 641 g/mol. The summed E-state index contributed by atoms with van der Waals surface area (Å²) in [5.41, 5.74) is 9.05. The van der Waals surface area contributed by atoms with Crippen LogP contribution in [-0.2, 0) is 44.7 Å². The molecule has 3 heteroatoms. The Morgan fingerprint density at radius 1 is 0.600 bits per heavy atom. The molecule has 0 fully saturated rings. The Morgan fingerprint density at radius 2 is 1.00 bits per heavy atom. The topological polar surface area (TPSA) is 25.8 Å². The summed E-state index contributed by atoms with van der Waals surface area (Å²) in [4.78, 5) is 9.87. The molecule has 0 saturated carbocycles. The van der Waals surface area contributed by atoms with Crippen molar-refractivity contribution in [2.75, 3.05) is 0 Å². The number of hydrogen-bond donors (Lipinski definition) is 0. The van der Waals surface area contributed by atoms with Gasteiger partial charge in [0.1, 0.15) is 0 Å². The minimum absolute atomic E-state index is 0. The van der Waals surface area contributed by atoms with E-state index in [4.69, 9.17) is 9.97 Å². The van der Waals surface area contributed by atoms with Crippen LogP contribution in [0.2, 0.25) is 0 Å². The zero-order valence-corrected chi connectivity index (χ0v) is 23.8. The Labute approximate surface area is 225 Å². The third-order valence-corrected chi connectivity index (χ3v) is 6.07. The van der Waals surface area contributed by atoms with Crippen LogP contribution in [0.5, 0.6) is 0 Å². The summed E-state index contributed by atoms with van der Waals surface area (Å²) in [6.45, 7) is 13.4. The summed E-state index contributed by atoms with van der Waals surface area (Å²) in [6, 6.07) is 32.0. The summed E-state index contributed by atoms with van der Waals surface area (Å²) in [6.07, 6.45) is 1.51. The minimum atomic E-state index is 0. The maximum atomic E-state index is 4.93. The van der Waals surface area contributed by atoms with E-state index in [1.165, 1.54) is 11.1 Å². The largest absolute Gasteiger partial charge is 2.00 e. The molecular formula is C32H34N2Pt. The van der Waals surface area contributed by atoms with E-state index in [2.05, 4.69) is 102 Å². The van der Waals surface area contributed by atoms with Gasteiger partial charge < -0.3 is 0 Å². The van der Waals surface area contributed by atoms with E-state index >= 15 is 0 Å². The van der Waals surface area contributed by atoms with Gasteiger partial charge in [-0.05, 0) is 47.9 Å². The van der Waals surface area contributed by atoms with Crippen LogP contribution in [0, 0.1) is 12.1 Å². The molecule has 0 N–H and O–H groups in total. The first-order chi connectivity index (χ1) is 16.1. The molecule has 0 radical (unpaired) electrons. The number of rotatable bonds is 5. The molecule has 0 aliphatic carbocycles. The molecule has 4 rings (SSSR count). The fourth-order valence-electron chi connectivity index (χ4n) is 4.00. The number of nitrogens with zero attached hydrogens (tertiary/aromatic N) is 2. The van der Waals surface area contributed by atoms with Crippen LogP contribution in [0.25, 0.3) is 11.4 Å². The van der Waals surface area contributed by atoms with Crippen LogP contribution < -0.4 is 0 Å². The van der Waals surface area contributed by atoms with Gasteiger partial charge in [-0.2, -0.15) is 70.8 Å². The average Bonchev–Trinajstić information content (AvgIpc) is 2.79. The van der Waals surface area contributed by atoms with Crippen LogP contribution in [0.15, 0.2) is 72.8 Å². The van der Waals surface area contributed by atoms with Crippen molar-refractivity contribution in [2.24, 2.45) is 0 Å². The Kier molecular flexibility index (Phi) is 8.49. The zero-order chi connectivity index (χ0) is 24.3. The fourth-order valence-corrected chi connectivity index (χ4v) is 4.00. The zero-order valence-electron chi connectivity index (χ0n) is 21.6. The quantitative estimate of drug-likeness (QED) is 0.211. The third-order valence-electron chi connectivity index (χ3n) is 6.07. The van der Waals surface area contributed by atoms with Crippen LogP contribution >= 0.6 is 0 Å². The normalized spacial score (nSPS) is 11.7. The summed E-state index contributed by atoms with van der Waals surface area (Å²) in [5.74, 6) is 0. The molecule has 0 atom stereocenters. The second kappa shape index (κ2) is 11.0. The maximum Gasteiger partial charge on any atom is 2.00 e. The van der Waals surface area contributed by atoms with E-state index in [-0.39, 0.29) is 31.9 Å². The molecular weight excluding hydrogens is 607 g/mol. The Balaban J connectivity index is 0.00000342. The van der Waals surface area contributed by atoms with Crippen LogP contribution in [0.4, 0.5) is 0 Å². The first kappa shape index (κ1) is 27.0. The molecule has 4 aromatic rings. The van der Waals surface area contributed by atoms with Crippen molar-refractivity contribution in [1.82, 2.24) is 9.97 Å². The van der Waals surface area contributed by atoms with Gasteiger partial charge in [-0.1, -0.05) is 53.7 Å². The molecule has 0 bridgehead atoms. The molecule has 182 valence electrons. The average molecular weight is 642 g/mol. The molecule has 2 aromatic carbocycles. The smallest absolute Gasteiger partial charge is 0.251 e. The Morgan fingerprint density at radius 3 is 1.37 bits per heavy atom. The van der Waals surface area contributed by atoms with Gasteiger partial charge in [0.2, 0.25) is 0 Å². The molecule has 0 spiro atoms. The molecule has 35 heavy (non-hydrogen) atoms. The summed E-state index contributed by atoms with van der Waals surface area (Å²) >= 11 is 0. The van der Waals surface area contributed by atoms with Crippen molar-refractivity contribution in [3.05, 3.63) is 119 Å². The SMILES string of the molecule is CC(C)(C)c1cc[c-]c(Cc2cccc(-c3cccc(Cc4[c-]ccc(C(C)(C)C)c4)n3)n2)c1.[Pt+2]. The number of hydrogen-bond acceptors (Lipinski definition) is 2. The molecule has 0 saturated heterocycles. The van der Waals surface area contributed by atoms with Gasteiger partial charge in [-0.15, -0.1) is 0 Å². The van der Waals surface area contributed by atoms with Gasteiger partial charge in [0.25, 0.3) is 0 Å². The van der Waals surface area contributed by atoms with Crippen molar-refractivity contribution in [3.8, 4) is 11.4 Å². The maximum absolute atomic E-state index is 4.93. The van der Waals surface area contributed by atoms with Crippen molar-refractivity contribution in [1.29, 1.82) is 0 Å². The fraction of sp³-hybridized carbons (Fsp3) is 0.312. The standard InChI is InChI=1S/C32H34N2.Pt/c1-31(2,3)25-13-7-11-23(19-25)21-27-15-9-17-29(33-27)30-18-10-16-28(34-30)22-24-12-8-14-26(20-24)32(4,5)6;/h7-10,13-20H,21-22H2,1-6H3;/q-2;+2. The molecule has 0 aliphatic heterocycles. The van der Waals surface area contributed by atoms with E-state index in [0.717, 1.165) is 46.7 Å². The molecule has 0 amide bonds. The Bertz CT molecular complexity index is 1180. The van der Waals surface area contributed by atoms with Crippen molar-refractivity contribution >= 4 is 0 Å². The van der Waals surface area contributed by atoms with Gasteiger partial charge >= 0.3 is 21.1 Å². The Hall–Kier alpha value is -2.57. The van der Waals surface area contributed by atoms with Crippen molar-refractivity contribution < 1.29 is 21.1 Å². The molecule has 2 heterocycles. The van der Waals surface area contributed by atoms with Gasteiger partial charge in [-0.25, -0.2) is 0 Å². The number of pyridine rings is 2. The predicted molar refractivity (Wildman–Crippen MR) is 141 cm³/mol. The minimum Gasteiger partial charge on any atom is -0.251 e. The summed E-state index contributed by atoms with van der Waals surface area (Å²) in [5, 5.41) is 0. The van der Waals surface area contributed by atoms with Gasteiger partial charge in [0, 0.05) is 11.4 Å². The molecule has 2 nitrogen and oxygen atoms in total. The number of benzene rings is 2. The van der Waals surface area contributed by atoms with E-state index < -0.39 is 0 Å². The van der Waals surface area contributed by atoms with Crippen molar-refractivity contribution in [3.63, 3.8) is 0 Å². The summed E-state index contributed by atoms with van der Waals surface area (Å²) < 4.78 is 0. The first-order valence-electron chi connectivity index (χ1n) is 12.0. The second-order valence-corrected chi connectivity index (χ2v) is 11.1. The van der Waals surface area contributed by atoms with Gasteiger partial charge in [0.05, 0.1) is 11.4 Å². The van der Waals surface area contributed by atoms with E-state index in [1.54, 1.807) is 0 Å². The molecule has 2 aromatic heterocycles. The van der Waals surface area contributed by atoms with Crippen LogP contribution in [0.3, 0.4) is 0 Å². The van der Waals surface area contributed by atoms with E-state index in [0.29, 0.717) is 0 Å². The van der Waals surface area contributed by atoms with Gasteiger partial charge in [-0.3, -0.25) is 9.97 Å². The van der Waals surface area contributed by atoms with Crippen molar-refractivity contribution in [2.45, 2.75) is 65.2 Å². The first-order valence-corrected chi connectivity index (χ1v) is 12.0. The predicted octanol–water partition coefficient (Wildman–Crippen LogP) is 7.52. The number of aromatic nitrogens is 2. The van der Waals surface area contributed by atoms with E-state index in [1.807, 2.05) is 24.3 Å². The van der Waals surface area contributed by atoms with Gasteiger partial charge in [0.15, 0.2) is 0 Å².